The van der Waals surface area contributed by atoms with Crippen LogP contribution in [-0.2, 0) is 19.3 Å². The molecule has 0 bridgehead atoms. The zero-order valence-corrected chi connectivity index (χ0v) is 13.5. The highest BCUT2D eigenvalue weighted by Crippen LogP contribution is 2.28. The van der Waals surface area contributed by atoms with Crippen molar-refractivity contribution in [3.8, 4) is 0 Å². The minimum absolute atomic E-state index is 0.655. The minimum atomic E-state index is 0.655. The fraction of sp³-hybridized carbons (Fsp3) is 0.667. The van der Waals surface area contributed by atoms with Crippen molar-refractivity contribution in [3.63, 3.8) is 0 Å². The first-order chi connectivity index (χ1) is 9.85. The molecule has 1 aliphatic carbocycles. The molecule has 2 heteroatoms. The fourth-order valence-electron chi connectivity index (χ4n) is 3.72. The summed E-state index contributed by atoms with van der Waals surface area (Å²) in [6.45, 7) is 0. The van der Waals surface area contributed by atoms with E-state index in [1.807, 2.05) is 0 Å². The van der Waals surface area contributed by atoms with Crippen LogP contribution in [0.15, 0.2) is 18.2 Å². The van der Waals surface area contributed by atoms with Gasteiger partial charge in [0.2, 0.25) is 0 Å². The summed E-state index contributed by atoms with van der Waals surface area (Å²) in [4.78, 5) is 0. The first-order valence-corrected chi connectivity index (χ1v) is 9.36. The smallest absolute Gasteiger partial charge is 0.0107 e. The predicted octanol–water partition coefficient (Wildman–Crippen LogP) is 3.84. The highest BCUT2D eigenvalue weighted by molar-refractivity contribution is 7.99. The van der Waals surface area contributed by atoms with Gasteiger partial charge in [0.05, 0.1) is 0 Å². The Kier molecular flexibility index (Phi) is 5.06. The Balaban J connectivity index is 1.59. The first-order valence-electron chi connectivity index (χ1n) is 8.21. The number of hydrogen-bond acceptors (Lipinski definition) is 2. The van der Waals surface area contributed by atoms with Crippen LogP contribution in [0.4, 0.5) is 0 Å². The lowest BCUT2D eigenvalue weighted by Crippen LogP contribution is -2.31. The molecule has 1 aliphatic heterocycles. The average Bonchev–Trinajstić information content (AvgIpc) is 2.95. The maximum absolute atomic E-state index is 3.56. The molecule has 0 amide bonds. The lowest BCUT2D eigenvalue weighted by atomic mass is 9.90. The molecule has 0 aromatic heterocycles. The van der Waals surface area contributed by atoms with Crippen molar-refractivity contribution in [1.29, 1.82) is 0 Å². The Morgan fingerprint density at radius 3 is 2.80 bits per heavy atom. The van der Waals surface area contributed by atoms with Crippen molar-refractivity contribution >= 4 is 11.8 Å². The summed E-state index contributed by atoms with van der Waals surface area (Å²) in [5, 5.41) is 3.56. The average molecular weight is 289 g/mol. The van der Waals surface area contributed by atoms with E-state index in [-0.39, 0.29) is 0 Å². The maximum atomic E-state index is 3.56. The van der Waals surface area contributed by atoms with E-state index in [1.54, 1.807) is 11.1 Å². The van der Waals surface area contributed by atoms with Crippen LogP contribution in [0.5, 0.6) is 0 Å². The third-order valence-corrected chi connectivity index (χ3v) is 6.06. The second-order valence-electron chi connectivity index (χ2n) is 6.44. The van der Waals surface area contributed by atoms with Crippen molar-refractivity contribution in [2.45, 2.75) is 51.0 Å². The Hall–Kier alpha value is -0.470. The second kappa shape index (κ2) is 7.00. The highest BCUT2D eigenvalue weighted by Gasteiger charge is 2.19. The summed E-state index contributed by atoms with van der Waals surface area (Å²) in [6.07, 6.45) is 9.35. The number of fused-ring (bicyclic) bond motifs is 1. The summed E-state index contributed by atoms with van der Waals surface area (Å²) >= 11 is 2.13. The number of likely N-dealkylation sites (N-methyl/N-ethyl adjacent to an activating group) is 1. The van der Waals surface area contributed by atoms with Crippen LogP contribution in [0.3, 0.4) is 0 Å². The van der Waals surface area contributed by atoms with E-state index in [2.05, 4.69) is 42.3 Å². The Morgan fingerprint density at radius 2 is 2.00 bits per heavy atom. The van der Waals surface area contributed by atoms with E-state index in [1.165, 1.54) is 62.0 Å². The number of benzene rings is 1. The molecule has 0 spiro atoms. The van der Waals surface area contributed by atoms with Crippen molar-refractivity contribution in [2.75, 3.05) is 18.6 Å². The molecule has 2 aliphatic rings. The van der Waals surface area contributed by atoms with Crippen LogP contribution in [0.1, 0.15) is 42.4 Å². The summed E-state index contributed by atoms with van der Waals surface area (Å²) in [5.74, 6) is 3.70. The molecule has 20 heavy (non-hydrogen) atoms. The molecule has 1 unspecified atom stereocenters. The van der Waals surface area contributed by atoms with Gasteiger partial charge in [0.25, 0.3) is 0 Å². The van der Waals surface area contributed by atoms with Gasteiger partial charge in [0, 0.05) is 6.04 Å². The van der Waals surface area contributed by atoms with Gasteiger partial charge in [-0.3, -0.25) is 0 Å². The first kappa shape index (κ1) is 14.5. The summed E-state index contributed by atoms with van der Waals surface area (Å²) < 4.78 is 0. The Labute approximate surface area is 127 Å². The van der Waals surface area contributed by atoms with Gasteiger partial charge in [-0.25, -0.2) is 0 Å². The largest absolute Gasteiger partial charge is 0.317 e. The van der Waals surface area contributed by atoms with E-state index in [0.29, 0.717) is 6.04 Å². The monoisotopic (exact) mass is 289 g/mol. The molecule has 0 radical (unpaired) electrons. The zero-order valence-electron chi connectivity index (χ0n) is 12.7. The number of thioether (sulfide) groups is 1. The van der Waals surface area contributed by atoms with E-state index < -0.39 is 0 Å². The number of aryl methyl sites for hydroxylation is 2. The number of rotatable bonds is 5. The van der Waals surface area contributed by atoms with Gasteiger partial charge in [0.15, 0.2) is 0 Å². The topological polar surface area (TPSA) is 12.0 Å². The van der Waals surface area contributed by atoms with Gasteiger partial charge >= 0.3 is 0 Å². The Morgan fingerprint density at radius 1 is 1.20 bits per heavy atom. The molecule has 1 nitrogen and oxygen atoms in total. The zero-order chi connectivity index (χ0) is 13.8. The van der Waals surface area contributed by atoms with Gasteiger partial charge in [-0.05, 0) is 86.1 Å². The van der Waals surface area contributed by atoms with Crippen LogP contribution >= 0.6 is 11.8 Å². The van der Waals surface area contributed by atoms with E-state index in [0.717, 1.165) is 5.92 Å². The molecule has 110 valence electrons. The summed E-state index contributed by atoms with van der Waals surface area (Å²) in [6, 6.07) is 7.87. The lowest BCUT2D eigenvalue weighted by Gasteiger charge is -2.26. The Bertz CT molecular complexity index is 437. The van der Waals surface area contributed by atoms with E-state index >= 15 is 0 Å². The molecule has 0 saturated carbocycles. The van der Waals surface area contributed by atoms with Crippen molar-refractivity contribution in [2.24, 2.45) is 5.92 Å². The molecule has 3 rings (SSSR count). The third kappa shape index (κ3) is 3.59. The molecule has 1 saturated heterocycles. The van der Waals surface area contributed by atoms with Gasteiger partial charge in [-0.2, -0.15) is 11.8 Å². The SMILES string of the molecule is CNC(Cc1ccc2c(c1)CCC2)CC1CCSCC1. The quantitative estimate of drug-likeness (QED) is 0.884. The van der Waals surface area contributed by atoms with E-state index in [9.17, 15) is 0 Å². The molecule has 1 heterocycles. The van der Waals surface area contributed by atoms with Gasteiger partial charge in [0.1, 0.15) is 0 Å². The van der Waals surface area contributed by atoms with E-state index in [4.69, 9.17) is 0 Å². The fourth-order valence-corrected chi connectivity index (χ4v) is 4.93. The van der Waals surface area contributed by atoms with Crippen molar-refractivity contribution in [1.82, 2.24) is 5.32 Å². The van der Waals surface area contributed by atoms with Crippen LogP contribution in [0.25, 0.3) is 0 Å². The lowest BCUT2D eigenvalue weighted by molar-refractivity contribution is 0.376. The molecular formula is C18H27NS. The van der Waals surface area contributed by atoms with Gasteiger partial charge < -0.3 is 5.32 Å². The molecule has 1 N–H and O–H groups in total. The standard InChI is InChI=1S/C18H27NS/c1-19-18(12-14-7-9-20-10-8-14)13-15-5-6-16-3-2-4-17(16)11-15/h5-6,11,14,18-19H,2-4,7-10,12-13H2,1H3. The summed E-state index contributed by atoms with van der Waals surface area (Å²) in [7, 11) is 2.13. The maximum Gasteiger partial charge on any atom is 0.0107 e. The van der Waals surface area contributed by atoms with Gasteiger partial charge in [-0.15, -0.1) is 0 Å². The summed E-state index contributed by atoms with van der Waals surface area (Å²) in [5.41, 5.74) is 4.75. The second-order valence-corrected chi connectivity index (χ2v) is 7.66. The molecule has 1 fully saturated rings. The van der Waals surface area contributed by atoms with Crippen LogP contribution in [0, 0.1) is 5.92 Å². The van der Waals surface area contributed by atoms with Crippen molar-refractivity contribution in [3.05, 3.63) is 34.9 Å². The van der Waals surface area contributed by atoms with Gasteiger partial charge in [-0.1, -0.05) is 18.2 Å². The third-order valence-electron chi connectivity index (χ3n) is 5.01. The molecule has 1 aromatic rings. The number of hydrogen-bond donors (Lipinski definition) is 1. The normalized spacial score (nSPS) is 20.9. The predicted molar refractivity (Wildman–Crippen MR) is 89.7 cm³/mol. The van der Waals surface area contributed by atoms with Crippen LogP contribution in [-0.4, -0.2) is 24.6 Å². The number of nitrogens with one attached hydrogen (secondary N) is 1. The van der Waals surface area contributed by atoms with Crippen molar-refractivity contribution < 1.29 is 0 Å². The molecule has 1 atom stereocenters. The minimum Gasteiger partial charge on any atom is -0.317 e. The van der Waals surface area contributed by atoms with Crippen LogP contribution < -0.4 is 5.32 Å². The highest BCUT2D eigenvalue weighted by atomic mass is 32.2. The molecule has 1 aromatic carbocycles. The molecular weight excluding hydrogens is 262 g/mol. The van der Waals surface area contributed by atoms with Crippen LogP contribution in [0.2, 0.25) is 0 Å².